The second-order valence-corrected chi connectivity index (χ2v) is 4.90. The summed E-state index contributed by atoms with van der Waals surface area (Å²) in [6.45, 7) is 3.15. The number of nitrogen functional groups attached to an aromatic ring is 1. The standard InChI is InChI=1S/C14H16N4O/c1-9-7-13(17-16-9)14(19)18-6-5-10-3-2-4-12(15)11(10)8-18/h2-4,7H,5-6,8,15H2,1H3,(H,16,17). The summed E-state index contributed by atoms with van der Waals surface area (Å²) in [5.74, 6) is -0.0433. The Bertz CT molecular complexity index is 632. The largest absolute Gasteiger partial charge is 0.398 e. The quantitative estimate of drug-likeness (QED) is 0.759. The minimum absolute atomic E-state index is 0.0433. The van der Waals surface area contributed by atoms with Crippen LogP contribution in [-0.2, 0) is 13.0 Å². The molecule has 1 aliphatic rings. The molecule has 19 heavy (non-hydrogen) atoms. The summed E-state index contributed by atoms with van der Waals surface area (Å²) in [5, 5.41) is 6.82. The Hall–Kier alpha value is -2.30. The first-order chi connectivity index (χ1) is 9.15. The van der Waals surface area contributed by atoms with Gasteiger partial charge in [-0.2, -0.15) is 5.10 Å². The Morgan fingerprint density at radius 1 is 1.47 bits per heavy atom. The van der Waals surface area contributed by atoms with E-state index in [4.69, 9.17) is 5.73 Å². The highest BCUT2D eigenvalue weighted by Gasteiger charge is 2.24. The van der Waals surface area contributed by atoms with E-state index in [2.05, 4.69) is 16.3 Å². The molecular formula is C14H16N4O. The zero-order valence-corrected chi connectivity index (χ0v) is 10.8. The third-order valence-corrected chi connectivity index (χ3v) is 3.52. The number of hydrogen-bond donors (Lipinski definition) is 2. The normalized spacial score (nSPS) is 14.3. The molecule has 1 aromatic carbocycles. The third kappa shape index (κ3) is 2.07. The van der Waals surface area contributed by atoms with E-state index >= 15 is 0 Å². The first-order valence-electron chi connectivity index (χ1n) is 6.32. The van der Waals surface area contributed by atoms with Crippen LogP contribution in [-0.4, -0.2) is 27.5 Å². The second kappa shape index (κ2) is 4.42. The Kier molecular flexibility index (Phi) is 2.74. The summed E-state index contributed by atoms with van der Waals surface area (Å²) in [7, 11) is 0. The highest BCUT2D eigenvalue weighted by molar-refractivity contribution is 5.92. The minimum atomic E-state index is -0.0433. The number of carbonyl (C=O) groups excluding carboxylic acids is 1. The Labute approximate surface area is 111 Å². The topological polar surface area (TPSA) is 75.0 Å². The van der Waals surface area contributed by atoms with Gasteiger partial charge in [-0.1, -0.05) is 12.1 Å². The van der Waals surface area contributed by atoms with Crippen molar-refractivity contribution in [3.05, 3.63) is 46.8 Å². The number of nitrogens with one attached hydrogen (secondary N) is 1. The molecule has 0 atom stereocenters. The van der Waals surface area contributed by atoms with Crippen LogP contribution in [0.2, 0.25) is 0 Å². The fraction of sp³-hybridized carbons (Fsp3) is 0.286. The van der Waals surface area contributed by atoms with Gasteiger partial charge in [0, 0.05) is 24.5 Å². The molecule has 3 rings (SSSR count). The van der Waals surface area contributed by atoms with Crippen LogP contribution < -0.4 is 5.73 Å². The van der Waals surface area contributed by atoms with Gasteiger partial charge < -0.3 is 10.6 Å². The molecule has 3 N–H and O–H groups in total. The number of H-pyrrole nitrogens is 1. The summed E-state index contributed by atoms with van der Waals surface area (Å²) < 4.78 is 0. The van der Waals surface area contributed by atoms with Crippen molar-refractivity contribution in [2.75, 3.05) is 12.3 Å². The average Bonchev–Trinajstić information content (AvgIpc) is 2.85. The Morgan fingerprint density at radius 2 is 2.32 bits per heavy atom. The molecule has 0 unspecified atom stereocenters. The number of carbonyl (C=O) groups is 1. The lowest BCUT2D eigenvalue weighted by molar-refractivity contribution is 0.0729. The van der Waals surface area contributed by atoms with Gasteiger partial charge in [-0.15, -0.1) is 0 Å². The summed E-state index contributed by atoms with van der Waals surface area (Å²) in [6.07, 6.45) is 0.843. The molecule has 2 aromatic rings. The lowest BCUT2D eigenvalue weighted by Crippen LogP contribution is -2.36. The molecular weight excluding hydrogens is 240 g/mol. The van der Waals surface area contributed by atoms with Gasteiger partial charge in [-0.3, -0.25) is 9.89 Å². The van der Waals surface area contributed by atoms with Crippen molar-refractivity contribution >= 4 is 11.6 Å². The van der Waals surface area contributed by atoms with Crippen LogP contribution in [0.15, 0.2) is 24.3 Å². The smallest absolute Gasteiger partial charge is 0.274 e. The molecule has 0 saturated heterocycles. The zero-order valence-electron chi connectivity index (χ0n) is 10.8. The molecule has 2 heterocycles. The summed E-state index contributed by atoms with van der Waals surface area (Å²) in [5.41, 5.74) is 10.4. The van der Waals surface area contributed by atoms with E-state index in [9.17, 15) is 4.79 Å². The number of aryl methyl sites for hydroxylation is 1. The van der Waals surface area contributed by atoms with Gasteiger partial charge in [0.1, 0.15) is 5.69 Å². The number of aromatic nitrogens is 2. The van der Waals surface area contributed by atoms with Crippen LogP contribution in [0.1, 0.15) is 27.3 Å². The Balaban J connectivity index is 1.86. The minimum Gasteiger partial charge on any atom is -0.398 e. The van der Waals surface area contributed by atoms with Crippen molar-refractivity contribution < 1.29 is 4.79 Å². The maximum Gasteiger partial charge on any atom is 0.274 e. The van der Waals surface area contributed by atoms with E-state index in [-0.39, 0.29) is 5.91 Å². The molecule has 1 amide bonds. The van der Waals surface area contributed by atoms with Gasteiger partial charge in [-0.25, -0.2) is 0 Å². The molecule has 98 valence electrons. The van der Waals surface area contributed by atoms with E-state index < -0.39 is 0 Å². The lowest BCUT2D eigenvalue weighted by Gasteiger charge is -2.29. The lowest BCUT2D eigenvalue weighted by atomic mass is 9.98. The summed E-state index contributed by atoms with van der Waals surface area (Å²) in [4.78, 5) is 14.1. The number of fused-ring (bicyclic) bond motifs is 1. The van der Waals surface area contributed by atoms with Crippen molar-refractivity contribution in [3.63, 3.8) is 0 Å². The number of aromatic amines is 1. The molecule has 0 spiro atoms. The Morgan fingerprint density at radius 3 is 3.05 bits per heavy atom. The van der Waals surface area contributed by atoms with Crippen molar-refractivity contribution in [2.45, 2.75) is 19.9 Å². The first-order valence-corrected chi connectivity index (χ1v) is 6.32. The number of nitrogens with zero attached hydrogens (tertiary/aromatic N) is 2. The fourth-order valence-corrected chi connectivity index (χ4v) is 2.47. The number of amides is 1. The molecule has 1 aliphatic heterocycles. The molecule has 1 aromatic heterocycles. The van der Waals surface area contributed by atoms with Gasteiger partial charge in [-0.05, 0) is 36.6 Å². The predicted octanol–water partition coefficient (Wildman–Crippen LogP) is 1.50. The molecule has 0 saturated carbocycles. The molecule has 0 fully saturated rings. The third-order valence-electron chi connectivity index (χ3n) is 3.52. The summed E-state index contributed by atoms with van der Waals surface area (Å²) in [6, 6.07) is 7.69. The van der Waals surface area contributed by atoms with E-state index in [1.807, 2.05) is 19.1 Å². The maximum absolute atomic E-state index is 12.3. The molecule has 5 heteroatoms. The predicted molar refractivity (Wildman–Crippen MR) is 72.6 cm³/mol. The van der Waals surface area contributed by atoms with E-state index in [0.717, 1.165) is 23.4 Å². The van der Waals surface area contributed by atoms with Crippen LogP contribution in [0.25, 0.3) is 0 Å². The monoisotopic (exact) mass is 256 g/mol. The second-order valence-electron chi connectivity index (χ2n) is 4.90. The SMILES string of the molecule is Cc1cc(C(=O)N2CCc3cccc(N)c3C2)n[nH]1. The van der Waals surface area contributed by atoms with Crippen molar-refractivity contribution in [1.29, 1.82) is 0 Å². The molecule has 0 aliphatic carbocycles. The number of rotatable bonds is 1. The van der Waals surface area contributed by atoms with E-state index in [0.29, 0.717) is 18.8 Å². The fourth-order valence-electron chi connectivity index (χ4n) is 2.47. The number of nitrogens with two attached hydrogens (primary N) is 1. The van der Waals surface area contributed by atoms with Crippen molar-refractivity contribution in [2.24, 2.45) is 0 Å². The first kappa shape index (κ1) is 11.8. The molecule has 5 nitrogen and oxygen atoms in total. The van der Waals surface area contributed by atoms with Crippen molar-refractivity contribution in [3.8, 4) is 0 Å². The van der Waals surface area contributed by atoms with Crippen molar-refractivity contribution in [1.82, 2.24) is 15.1 Å². The van der Waals surface area contributed by atoms with Gasteiger partial charge >= 0.3 is 0 Å². The van der Waals surface area contributed by atoms with Crippen LogP contribution >= 0.6 is 0 Å². The van der Waals surface area contributed by atoms with Crippen LogP contribution in [0, 0.1) is 6.92 Å². The number of hydrogen-bond acceptors (Lipinski definition) is 3. The van der Waals surface area contributed by atoms with Gasteiger partial charge in [0.05, 0.1) is 0 Å². The van der Waals surface area contributed by atoms with Crippen LogP contribution in [0.5, 0.6) is 0 Å². The number of benzene rings is 1. The van der Waals surface area contributed by atoms with Gasteiger partial charge in [0.2, 0.25) is 0 Å². The average molecular weight is 256 g/mol. The van der Waals surface area contributed by atoms with Gasteiger partial charge in [0.15, 0.2) is 0 Å². The molecule has 0 radical (unpaired) electrons. The van der Waals surface area contributed by atoms with Gasteiger partial charge in [0.25, 0.3) is 5.91 Å². The van der Waals surface area contributed by atoms with E-state index in [1.54, 1.807) is 11.0 Å². The van der Waals surface area contributed by atoms with E-state index in [1.165, 1.54) is 5.56 Å². The summed E-state index contributed by atoms with van der Waals surface area (Å²) >= 11 is 0. The highest BCUT2D eigenvalue weighted by atomic mass is 16.2. The maximum atomic E-state index is 12.3. The zero-order chi connectivity index (χ0) is 13.4. The van der Waals surface area contributed by atoms with Crippen LogP contribution in [0.3, 0.4) is 0 Å². The molecule has 0 bridgehead atoms. The number of anilines is 1. The van der Waals surface area contributed by atoms with Crippen LogP contribution in [0.4, 0.5) is 5.69 Å². The highest BCUT2D eigenvalue weighted by Crippen LogP contribution is 2.25.